The first-order chi connectivity index (χ1) is 7.70. The van der Waals surface area contributed by atoms with Crippen molar-refractivity contribution >= 4 is 24.2 Å². The molecule has 4 heteroatoms. The zero-order chi connectivity index (χ0) is 11.5. The van der Waals surface area contributed by atoms with Crippen molar-refractivity contribution in [3.63, 3.8) is 0 Å². The van der Waals surface area contributed by atoms with Crippen molar-refractivity contribution in [1.82, 2.24) is 4.98 Å². The van der Waals surface area contributed by atoms with Crippen LogP contribution < -0.4 is 5.56 Å². The molecule has 82 valence electrons. The molecule has 0 radical (unpaired) electrons. The van der Waals surface area contributed by atoms with Gasteiger partial charge in [-0.15, -0.1) is 0 Å². The second-order valence-corrected chi connectivity index (χ2v) is 4.14. The van der Waals surface area contributed by atoms with E-state index in [1.807, 2.05) is 18.2 Å². The summed E-state index contributed by atoms with van der Waals surface area (Å²) in [6, 6.07) is 11.0. The molecule has 2 nitrogen and oxygen atoms in total. The van der Waals surface area contributed by atoms with Crippen molar-refractivity contribution in [2.45, 2.75) is 5.75 Å². The summed E-state index contributed by atoms with van der Waals surface area (Å²) in [4.78, 5) is 14.4. The topological polar surface area (TPSA) is 32.9 Å². The van der Waals surface area contributed by atoms with Crippen LogP contribution in [0, 0.1) is 0 Å². The highest BCUT2D eigenvalue weighted by molar-refractivity contribution is 7.79. The Morgan fingerprint density at radius 3 is 2.38 bits per heavy atom. The van der Waals surface area contributed by atoms with Crippen LogP contribution in [0.5, 0.6) is 0 Å². The molecule has 0 atom stereocenters. The van der Waals surface area contributed by atoms with E-state index in [2.05, 4.69) is 17.6 Å². The van der Waals surface area contributed by atoms with Crippen LogP contribution in [0.2, 0.25) is 5.02 Å². The van der Waals surface area contributed by atoms with Crippen molar-refractivity contribution in [3.05, 3.63) is 57.3 Å². The largest absolute Gasteiger partial charge is 0.322 e. The number of hydrogen-bond donors (Lipinski definition) is 2. The lowest BCUT2D eigenvalue weighted by molar-refractivity contribution is 1.17. The molecule has 16 heavy (non-hydrogen) atoms. The summed E-state index contributed by atoms with van der Waals surface area (Å²) in [7, 11) is 0. The predicted octanol–water partition coefficient (Wildman–Crippen LogP) is 3.13. The predicted molar refractivity (Wildman–Crippen MR) is 70.2 cm³/mol. The fraction of sp³-hybridized carbons (Fsp3) is 0.0833. The molecule has 0 saturated carbocycles. The summed E-state index contributed by atoms with van der Waals surface area (Å²) in [5.41, 5.74) is 2.29. The van der Waals surface area contributed by atoms with Crippen LogP contribution in [-0.4, -0.2) is 4.98 Å². The number of H-pyrrole nitrogens is 1. The SMILES string of the molecule is O=c1[nH]c(-c2ccc(Cl)cc2)ccc1CS. The van der Waals surface area contributed by atoms with Crippen molar-refractivity contribution in [3.8, 4) is 11.3 Å². The molecular weight excluding hydrogens is 242 g/mol. The van der Waals surface area contributed by atoms with E-state index in [9.17, 15) is 4.79 Å². The zero-order valence-corrected chi connectivity index (χ0v) is 10.1. The summed E-state index contributed by atoms with van der Waals surface area (Å²) in [6.45, 7) is 0. The molecule has 0 aliphatic carbocycles. The number of hydrogen-bond acceptors (Lipinski definition) is 2. The highest BCUT2D eigenvalue weighted by Gasteiger charge is 2.01. The highest BCUT2D eigenvalue weighted by atomic mass is 35.5. The first-order valence-electron chi connectivity index (χ1n) is 4.79. The van der Waals surface area contributed by atoms with Gasteiger partial charge in [-0.25, -0.2) is 0 Å². The third-order valence-electron chi connectivity index (χ3n) is 2.32. The highest BCUT2D eigenvalue weighted by Crippen LogP contribution is 2.18. The third kappa shape index (κ3) is 2.31. The Kier molecular flexibility index (Phi) is 3.36. The van der Waals surface area contributed by atoms with Gasteiger partial charge in [-0.1, -0.05) is 29.8 Å². The molecule has 2 aromatic rings. The van der Waals surface area contributed by atoms with E-state index in [4.69, 9.17) is 11.6 Å². The second kappa shape index (κ2) is 4.76. The average molecular weight is 252 g/mol. The maximum atomic E-state index is 11.6. The first-order valence-corrected chi connectivity index (χ1v) is 5.81. The summed E-state index contributed by atoms with van der Waals surface area (Å²) >= 11 is 9.87. The van der Waals surface area contributed by atoms with Gasteiger partial charge in [0.25, 0.3) is 5.56 Å². The normalized spacial score (nSPS) is 10.4. The molecule has 0 aliphatic rings. The Morgan fingerprint density at radius 2 is 1.81 bits per heavy atom. The van der Waals surface area contributed by atoms with E-state index in [1.54, 1.807) is 18.2 Å². The average Bonchev–Trinajstić information content (AvgIpc) is 2.30. The Hall–Kier alpha value is -1.19. The van der Waals surface area contributed by atoms with Crippen LogP contribution in [-0.2, 0) is 5.75 Å². The molecule has 1 N–H and O–H groups in total. The molecule has 1 aromatic heterocycles. The summed E-state index contributed by atoms with van der Waals surface area (Å²) in [5, 5.41) is 0.679. The van der Waals surface area contributed by atoms with Crippen LogP contribution >= 0.6 is 24.2 Å². The minimum atomic E-state index is -0.0950. The fourth-order valence-corrected chi connectivity index (χ4v) is 1.80. The number of rotatable bonds is 2. The van der Waals surface area contributed by atoms with Crippen molar-refractivity contribution in [2.24, 2.45) is 0 Å². The Bertz CT molecular complexity index is 548. The van der Waals surface area contributed by atoms with Gasteiger partial charge in [-0.2, -0.15) is 12.6 Å². The lowest BCUT2D eigenvalue weighted by Crippen LogP contribution is -2.11. The molecular formula is C12H10ClNOS. The Labute approximate surface area is 104 Å². The van der Waals surface area contributed by atoms with Gasteiger partial charge < -0.3 is 4.98 Å². The molecule has 1 aromatic carbocycles. The maximum absolute atomic E-state index is 11.6. The molecule has 0 saturated heterocycles. The van der Waals surface area contributed by atoms with Gasteiger partial charge in [0.05, 0.1) is 0 Å². The van der Waals surface area contributed by atoms with Crippen LogP contribution in [0.4, 0.5) is 0 Å². The van der Waals surface area contributed by atoms with Crippen molar-refractivity contribution < 1.29 is 0 Å². The van der Waals surface area contributed by atoms with Crippen molar-refractivity contribution in [2.75, 3.05) is 0 Å². The number of benzene rings is 1. The number of aromatic nitrogens is 1. The molecule has 0 aliphatic heterocycles. The van der Waals surface area contributed by atoms with E-state index in [0.29, 0.717) is 16.3 Å². The van der Waals surface area contributed by atoms with E-state index in [-0.39, 0.29) is 5.56 Å². The van der Waals surface area contributed by atoms with Crippen LogP contribution in [0.25, 0.3) is 11.3 Å². The molecule has 2 rings (SSSR count). The first kappa shape index (κ1) is 11.3. The maximum Gasteiger partial charge on any atom is 0.252 e. The number of aromatic amines is 1. The molecule has 1 heterocycles. The van der Waals surface area contributed by atoms with Gasteiger partial charge in [0.2, 0.25) is 0 Å². The minimum Gasteiger partial charge on any atom is -0.322 e. The second-order valence-electron chi connectivity index (χ2n) is 3.39. The summed E-state index contributed by atoms with van der Waals surface area (Å²) in [5.74, 6) is 0.441. The van der Waals surface area contributed by atoms with E-state index in [0.717, 1.165) is 11.3 Å². The van der Waals surface area contributed by atoms with E-state index in [1.165, 1.54) is 0 Å². The summed E-state index contributed by atoms with van der Waals surface area (Å²) in [6.07, 6.45) is 0. The number of thiol groups is 1. The molecule has 0 bridgehead atoms. The third-order valence-corrected chi connectivity index (χ3v) is 2.91. The van der Waals surface area contributed by atoms with Crippen LogP contribution in [0.1, 0.15) is 5.56 Å². The van der Waals surface area contributed by atoms with E-state index >= 15 is 0 Å². The van der Waals surface area contributed by atoms with Crippen molar-refractivity contribution in [1.29, 1.82) is 0 Å². The van der Waals surface area contributed by atoms with Gasteiger partial charge in [-0.3, -0.25) is 4.79 Å². The molecule has 0 amide bonds. The number of halogens is 1. The molecule has 0 fully saturated rings. The van der Waals surface area contributed by atoms with Crippen LogP contribution in [0.3, 0.4) is 0 Å². The Morgan fingerprint density at radius 1 is 1.12 bits per heavy atom. The van der Waals surface area contributed by atoms with Gasteiger partial charge in [0.1, 0.15) is 0 Å². The quantitative estimate of drug-likeness (QED) is 0.790. The van der Waals surface area contributed by atoms with E-state index < -0.39 is 0 Å². The van der Waals surface area contributed by atoms with Gasteiger partial charge in [0, 0.05) is 22.0 Å². The standard InChI is InChI=1S/C12H10ClNOS/c13-10-4-1-8(2-5-10)11-6-3-9(7-16)12(15)14-11/h1-6,16H,7H2,(H,14,15). The van der Waals surface area contributed by atoms with Gasteiger partial charge in [0.15, 0.2) is 0 Å². The summed E-state index contributed by atoms with van der Waals surface area (Å²) < 4.78 is 0. The smallest absolute Gasteiger partial charge is 0.252 e. The monoisotopic (exact) mass is 251 g/mol. The lowest BCUT2D eigenvalue weighted by atomic mass is 10.1. The zero-order valence-electron chi connectivity index (χ0n) is 8.40. The van der Waals surface area contributed by atoms with Crippen LogP contribution in [0.15, 0.2) is 41.2 Å². The number of pyridine rings is 1. The minimum absolute atomic E-state index is 0.0950. The van der Waals surface area contributed by atoms with Gasteiger partial charge in [-0.05, 0) is 23.8 Å². The molecule has 0 spiro atoms. The lowest BCUT2D eigenvalue weighted by Gasteiger charge is -2.02. The Balaban J connectivity index is 2.45. The fourth-order valence-electron chi connectivity index (χ4n) is 1.43. The number of nitrogens with one attached hydrogen (secondary N) is 1. The molecule has 0 unspecified atom stereocenters. The van der Waals surface area contributed by atoms with Gasteiger partial charge >= 0.3 is 0 Å².